The Morgan fingerprint density at radius 3 is 2.68 bits per heavy atom. The highest BCUT2D eigenvalue weighted by Gasteiger charge is 2.23. The summed E-state index contributed by atoms with van der Waals surface area (Å²) in [7, 11) is 0. The van der Waals surface area contributed by atoms with E-state index in [4.69, 9.17) is 4.74 Å². The highest BCUT2D eigenvalue weighted by atomic mass is 16.5. The minimum Gasteiger partial charge on any atom is -0.378 e. The second-order valence-electron chi connectivity index (χ2n) is 5.57. The molecule has 3 rings (SSSR count). The summed E-state index contributed by atoms with van der Waals surface area (Å²) in [5.41, 5.74) is 0.750. The van der Waals surface area contributed by atoms with Gasteiger partial charge in [0.15, 0.2) is 0 Å². The molecule has 3 aliphatic rings. The number of hydrogen-bond donors (Lipinski definition) is 1. The number of hydrogen-bond acceptors (Lipinski definition) is 6. The van der Waals surface area contributed by atoms with Crippen LogP contribution < -0.4 is 5.32 Å². The fourth-order valence-corrected chi connectivity index (χ4v) is 2.72. The summed E-state index contributed by atoms with van der Waals surface area (Å²) in [5, 5.41) is 9.63. The molecule has 2 fully saturated rings. The van der Waals surface area contributed by atoms with E-state index >= 15 is 0 Å². The summed E-state index contributed by atoms with van der Waals surface area (Å²) in [6.07, 6.45) is 3.90. The zero-order chi connectivity index (χ0) is 15.4. The Morgan fingerprint density at radius 1 is 1.23 bits per heavy atom. The number of amides is 1. The average Bonchev–Trinajstić information content (AvgIpc) is 2.58. The van der Waals surface area contributed by atoms with Gasteiger partial charge in [0.25, 0.3) is 0 Å². The molecule has 1 N–H and O–H groups in total. The predicted molar refractivity (Wildman–Crippen MR) is 84.3 cm³/mol. The molecule has 120 valence electrons. The molecule has 0 atom stereocenters. The Hall–Kier alpha value is -1.86. The van der Waals surface area contributed by atoms with E-state index < -0.39 is 0 Å². The number of hydrazone groups is 1. The largest absolute Gasteiger partial charge is 0.378 e. The molecule has 0 aliphatic carbocycles. The van der Waals surface area contributed by atoms with Crippen molar-refractivity contribution in [3.05, 3.63) is 24.4 Å². The Morgan fingerprint density at radius 2 is 1.95 bits per heavy atom. The average molecular weight is 305 g/mol. The minimum atomic E-state index is 0.0724. The number of nitrogens with one attached hydrogen (secondary N) is 1. The lowest BCUT2D eigenvalue weighted by Gasteiger charge is -2.33. The number of allylic oxidation sites excluding steroid dienone is 1. The highest BCUT2D eigenvalue weighted by Crippen LogP contribution is 2.14. The number of carbonyl (C=O) groups excluding carboxylic acids is 1. The second kappa shape index (κ2) is 6.93. The summed E-state index contributed by atoms with van der Waals surface area (Å²) in [5.74, 6) is 0.979. The normalized spacial score (nSPS) is 22.8. The maximum atomic E-state index is 12.4. The summed E-state index contributed by atoms with van der Waals surface area (Å²) in [6, 6.07) is 0. The van der Waals surface area contributed by atoms with Crippen molar-refractivity contribution < 1.29 is 9.53 Å². The molecule has 7 nitrogen and oxygen atoms in total. The van der Waals surface area contributed by atoms with Crippen LogP contribution in [0.15, 0.2) is 29.5 Å². The van der Waals surface area contributed by atoms with Crippen LogP contribution in [0.1, 0.15) is 0 Å². The van der Waals surface area contributed by atoms with Crippen LogP contribution in [-0.4, -0.2) is 85.6 Å². The van der Waals surface area contributed by atoms with Crippen molar-refractivity contribution in [3.63, 3.8) is 0 Å². The number of nitrogens with zero attached hydrogens (tertiary/aromatic N) is 4. The van der Waals surface area contributed by atoms with E-state index in [-0.39, 0.29) is 12.5 Å². The standard InChI is InChI=1S/C15H23N5O2/c1-13-2-3-14(18-6-4-16-5-7-18)17-20(13)12-15(21)19-8-10-22-11-9-19/h2-3,16H,1,4-12H2. The summed E-state index contributed by atoms with van der Waals surface area (Å²) >= 11 is 0. The summed E-state index contributed by atoms with van der Waals surface area (Å²) in [4.78, 5) is 16.4. The molecule has 3 aliphatic heterocycles. The molecule has 0 radical (unpaired) electrons. The minimum absolute atomic E-state index is 0.0724. The van der Waals surface area contributed by atoms with Crippen molar-refractivity contribution >= 4 is 11.7 Å². The first-order valence-electron chi connectivity index (χ1n) is 7.78. The molecule has 0 aromatic heterocycles. The zero-order valence-electron chi connectivity index (χ0n) is 12.8. The van der Waals surface area contributed by atoms with Gasteiger partial charge >= 0.3 is 0 Å². The summed E-state index contributed by atoms with van der Waals surface area (Å²) in [6.45, 7) is 10.5. The lowest BCUT2D eigenvalue weighted by Crippen LogP contribution is -2.48. The fourth-order valence-electron chi connectivity index (χ4n) is 2.72. The van der Waals surface area contributed by atoms with Gasteiger partial charge < -0.3 is 19.9 Å². The van der Waals surface area contributed by atoms with Gasteiger partial charge in [-0.05, 0) is 12.2 Å². The zero-order valence-corrected chi connectivity index (χ0v) is 12.8. The van der Waals surface area contributed by atoms with Crippen LogP contribution in [-0.2, 0) is 9.53 Å². The van der Waals surface area contributed by atoms with Gasteiger partial charge in [0.1, 0.15) is 12.4 Å². The van der Waals surface area contributed by atoms with E-state index in [9.17, 15) is 4.79 Å². The molecule has 0 aromatic carbocycles. The third-order valence-electron chi connectivity index (χ3n) is 4.07. The number of carbonyl (C=O) groups is 1. The van der Waals surface area contributed by atoms with Crippen LogP contribution in [0.5, 0.6) is 0 Å². The van der Waals surface area contributed by atoms with Gasteiger partial charge in [-0.2, -0.15) is 5.10 Å². The third-order valence-corrected chi connectivity index (χ3v) is 4.07. The van der Waals surface area contributed by atoms with Crippen LogP contribution in [0.3, 0.4) is 0 Å². The van der Waals surface area contributed by atoms with E-state index in [1.807, 2.05) is 17.1 Å². The molecular weight excluding hydrogens is 282 g/mol. The molecule has 0 aromatic rings. The first-order chi connectivity index (χ1) is 10.7. The number of ether oxygens (including phenoxy) is 1. The van der Waals surface area contributed by atoms with Gasteiger partial charge in [-0.25, -0.2) is 0 Å². The van der Waals surface area contributed by atoms with Gasteiger partial charge in [-0.1, -0.05) is 6.58 Å². The number of amidine groups is 1. The van der Waals surface area contributed by atoms with Crippen molar-refractivity contribution in [2.75, 3.05) is 59.0 Å². The van der Waals surface area contributed by atoms with Crippen molar-refractivity contribution in [3.8, 4) is 0 Å². The van der Waals surface area contributed by atoms with Crippen molar-refractivity contribution in [1.82, 2.24) is 20.1 Å². The second-order valence-corrected chi connectivity index (χ2v) is 5.57. The van der Waals surface area contributed by atoms with E-state index in [0.717, 1.165) is 37.7 Å². The molecular formula is C15H23N5O2. The Labute approximate surface area is 130 Å². The Balaban J connectivity index is 1.63. The lowest BCUT2D eigenvalue weighted by molar-refractivity contribution is -0.136. The van der Waals surface area contributed by atoms with Crippen LogP contribution >= 0.6 is 0 Å². The van der Waals surface area contributed by atoms with Crippen LogP contribution in [0.4, 0.5) is 0 Å². The molecule has 1 amide bonds. The predicted octanol–water partition coefficient (Wildman–Crippen LogP) is -0.551. The first-order valence-corrected chi connectivity index (χ1v) is 7.78. The van der Waals surface area contributed by atoms with Crippen molar-refractivity contribution in [2.24, 2.45) is 5.10 Å². The molecule has 0 bridgehead atoms. The van der Waals surface area contributed by atoms with Crippen molar-refractivity contribution in [1.29, 1.82) is 0 Å². The van der Waals surface area contributed by atoms with E-state index in [0.29, 0.717) is 26.3 Å². The maximum Gasteiger partial charge on any atom is 0.244 e. The molecule has 0 spiro atoms. The Kier molecular flexibility index (Phi) is 4.74. The quantitative estimate of drug-likeness (QED) is 0.742. The first kappa shape index (κ1) is 15.1. The topological polar surface area (TPSA) is 60.4 Å². The molecule has 0 saturated carbocycles. The molecule has 3 heterocycles. The molecule has 0 unspecified atom stereocenters. The van der Waals surface area contributed by atoms with Gasteiger partial charge in [0, 0.05) is 39.3 Å². The smallest absolute Gasteiger partial charge is 0.244 e. The maximum absolute atomic E-state index is 12.4. The van der Waals surface area contributed by atoms with Crippen LogP contribution in [0.25, 0.3) is 0 Å². The number of morpholine rings is 1. The van der Waals surface area contributed by atoms with Gasteiger partial charge in [-0.15, -0.1) is 0 Å². The van der Waals surface area contributed by atoms with Gasteiger partial charge in [-0.3, -0.25) is 9.80 Å². The number of rotatable bonds is 2. The van der Waals surface area contributed by atoms with Crippen molar-refractivity contribution in [2.45, 2.75) is 0 Å². The third kappa shape index (κ3) is 3.48. The lowest BCUT2D eigenvalue weighted by atomic mass is 10.3. The molecule has 2 saturated heterocycles. The molecule has 22 heavy (non-hydrogen) atoms. The number of piperazine rings is 1. The SMILES string of the molecule is C=C1C=CC(N2CCNCC2)=NN1CC(=O)N1CCOCC1. The van der Waals surface area contributed by atoms with Crippen LogP contribution in [0, 0.1) is 0 Å². The van der Waals surface area contributed by atoms with E-state index in [2.05, 4.69) is 21.9 Å². The molecule has 7 heteroatoms. The summed E-state index contributed by atoms with van der Waals surface area (Å²) < 4.78 is 5.28. The Bertz CT molecular complexity index is 490. The fraction of sp³-hybridized carbons (Fsp3) is 0.600. The van der Waals surface area contributed by atoms with Crippen LogP contribution in [0.2, 0.25) is 0 Å². The van der Waals surface area contributed by atoms with Gasteiger partial charge in [0.2, 0.25) is 5.91 Å². The monoisotopic (exact) mass is 305 g/mol. The van der Waals surface area contributed by atoms with E-state index in [1.165, 1.54) is 0 Å². The highest BCUT2D eigenvalue weighted by molar-refractivity contribution is 5.94. The van der Waals surface area contributed by atoms with E-state index in [1.54, 1.807) is 5.01 Å². The van der Waals surface area contributed by atoms with Gasteiger partial charge in [0.05, 0.1) is 18.9 Å².